The molecular weight excluding hydrogens is 324 g/mol. The van der Waals surface area contributed by atoms with Crippen LogP contribution in [0.15, 0.2) is 35.3 Å². The van der Waals surface area contributed by atoms with Crippen LogP contribution in [-0.2, 0) is 13.6 Å². The van der Waals surface area contributed by atoms with Gasteiger partial charge in [0.15, 0.2) is 0 Å². The van der Waals surface area contributed by atoms with Crippen LogP contribution in [0.1, 0.15) is 17.5 Å². The third-order valence-corrected chi connectivity index (χ3v) is 5.55. The summed E-state index contributed by atoms with van der Waals surface area (Å²) in [4.78, 5) is 16.8. The van der Waals surface area contributed by atoms with Crippen LogP contribution < -0.4 is 10.5 Å². The van der Waals surface area contributed by atoms with Gasteiger partial charge in [0.2, 0.25) is 0 Å². The summed E-state index contributed by atoms with van der Waals surface area (Å²) in [6, 6.07) is 9.74. The summed E-state index contributed by atoms with van der Waals surface area (Å²) in [5.41, 5.74) is 3.21. The van der Waals surface area contributed by atoms with Crippen molar-refractivity contribution in [2.75, 3.05) is 18.0 Å². The standard InChI is InChI=1S/C18H21ClN4O/c1-12-4-3-5-13(6-12)9-23-14-7-15(23)11-22(10-14)16-8-20-21(2)18(24)17(16)19/h3-6,8,14-15H,7,9-11H2,1-2H3. The predicted molar refractivity (Wildman–Crippen MR) is 95.6 cm³/mol. The highest BCUT2D eigenvalue weighted by Gasteiger charge is 2.44. The molecule has 2 atom stereocenters. The Morgan fingerprint density at radius 2 is 2.04 bits per heavy atom. The summed E-state index contributed by atoms with van der Waals surface area (Å²) < 4.78 is 1.28. The van der Waals surface area contributed by atoms with Crippen molar-refractivity contribution in [1.82, 2.24) is 14.7 Å². The molecule has 5 rings (SSSR count). The molecule has 2 bridgehead atoms. The van der Waals surface area contributed by atoms with Gasteiger partial charge in [-0.1, -0.05) is 41.4 Å². The first kappa shape index (κ1) is 15.7. The predicted octanol–water partition coefficient (Wildman–Crippen LogP) is 2.21. The molecule has 3 aliphatic heterocycles. The lowest BCUT2D eigenvalue weighted by molar-refractivity contribution is -0.00847. The van der Waals surface area contributed by atoms with E-state index < -0.39 is 0 Å². The van der Waals surface area contributed by atoms with Crippen LogP contribution in [0.2, 0.25) is 5.02 Å². The van der Waals surface area contributed by atoms with Crippen molar-refractivity contribution >= 4 is 17.3 Å². The van der Waals surface area contributed by atoms with Crippen molar-refractivity contribution in [2.24, 2.45) is 7.05 Å². The van der Waals surface area contributed by atoms with E-state index in [-0.39, 0.29) is 10.6 Å². The number of anilines is 1. The maximum atomic E-state index is 12.0. The van der Waals surface area contributed by atoms with E-state index in [1.165, 1.54) is 22.2 Å². The summed E-state index contributed by atoms with van der Waals surface area (Å²) in [5, 5.41) is 4.39. The molecule has 4 heterocycles. The molecular formula is C18H21ClN4O. The smallest absolute Gasteiger partial charge is 0.287 e. The summed E-state index contributed by atoms with van der Waals surface area (Å²) in [7, 11) is 1.62. The Morgan fingerprint density at radius 1 is 1.29 bits per heavy atom. The maximum absolute atomic E-state index is 12.0. The van der Waals surface area contributed by atoms with Crippen LogP contribution >= 0.6 is 11.6 Å². The zero-order valence-corrected chi connectivity index (χ0v) is 14.7. The number of aryl methyl sites for hydroxylation is 2. The highest BCUT2D eigenvalue weighted by Crippen LogP contribution is 2.36. The minimum absolute atomic E-state index is 0.231. The van der Waals surface area contributed by atoms with E-state index in [0.717, 1.165) is 25.3 Å². The Balaban J connectivity index is 1.49. The number of benzene rings is 1. The fourth-order valence-corrected chi connectivity index (χ4v) is 4.18. The van der Waals surface area contributed by atoms with E-state index in [4.69, 9.17) is 11.6 Å². The monoisotopic (exact) mass is 344 g/mol. The van der Waals surface area contributed by atoms with E-state index >= 15 is 0 Å². The average Bonchev–Trinajstić information content (AvgIpc) is 2.58. The number of nitrogens with zero attached hydrogens (tertiary/aromatic N) is 4. The molecule has 3 aliphatic rings. The van der Waals surface area contributed by atoms with Gasteiger partial charge in [0, 0.05) is 38.8 Å². The van der Waals surface area contributed by atoms with E-state index in [1.54, 1.807) is 13.2 Å². The first-order valence-corrected chi connectivity index (χ1v) is 8.69. The van der Waals surface area contributed by atoms with Gasteiger partial charge >= 0.3 is 0 Å². The molecule has 3 fully saturated rings. The minimum atomic E-state index is -0.231. The molecule has 0 saturated carbocycles. The second kappa shape index (κ2) is 5.90. The normalized spacial score (nSPS) is 23.2. The van der Waals surface area contributed by atoms with Crippen LogP contribution in [0.3, 0.4) is 0 Å². The molecule has 24 heavy (non-hydrogen) atoms. The van der Waals surface area contributed by atoms with Gasteiger partial charge in [-0.2, -0.15) is 5.10 Å². The number of aromatic nitrogens is 2. The number of fused-ring (bicyclic) bond motifs is 2. The molecule has 0 N–H and O–H groups in total. The number of hydrogen-bond acceptors (Lipinski definition) is 4. The summed E-state index contributed by atoms with van der Waals surface area (Å²) in [6.07, 6.45) is 2.93. The van der Waals surface area contributed by atoms with Gasteiger partial charge < -0.3 is 4.90 Å². The van der Waals surface area contributed by atoms with Crippen molar-refractivity contribution < 1.29 is 0 Å². The van der Waals surface area contributed by atoms with Crippen molar-refractivity contribution in [2.45, 2.75) is 32.0 Å². The quantitative estimate of drug-likeness (QED) is 0.856. The molecule has 5 nitrogen and oxygen atoms in total. The number of hydrogen-bond donors (Lipinski definition) is 0. The number of piperidine rings is 1. The molecule has 6 heteroatoms. The third-order valence-electron chi connectivity index (χ3n) is 5.19. The van der Waals surface area contributed by atoms with Gasteiger partial charge in [-0.05, 0) is 18.9 Å². The lowest BCUT2D eigenvalue weighted by Crippen LogP contribution is -2.68. The van der Waals surface area contributed by atoms with Crippen molar-refractivity contribution in [3.63, 3.8) is 0 Å². The second-order valence-corrected chi connectivity index (χ2v) is 7.26. The van der Waals surface area contributed by atoms with Crippen LogP contribution in [0.4, 0.5) is 5.69 Å². The fraction of sp³-hybridized carbons (Fsp3) is 0.444. The molecule has 0 spiro atoms. The SMILES string of the molecule is Cc1cccc(CN2C3CC2CN(c2cnn(C)c(=O)c2Cl)C3)c1. The Labute approximate surface area is 146 Å². The molecule has 3 saturated heterocycles. The van der Waals surface area contributed by atoms with E-state index in [0.29, 0.717) is 12.1 Å². The third kappa shape index (κ3) is 2.62. The Bertz CT molecular complexity index is 822. The molecule has 2 unspecified atom stereocenters. The van der Waals surface area contributed by atoms with Crippen molar-refractivity contribution in [1.29, 1.82) is 0 Å². The van der Waals surface area contributed by atoms with Gasteiger partial charge in [0.1, 0.15) is 5.02 Å². The van der Waals surface area contributed by atoms with Gasteiger partial charge in [0.25, 0.3) is 5.56 Å². The first-order valence-electron chi connectivity index (χ1n) is 8.31. The molecule has 126 valence electrons. The van der Waals surface area contributed by atoms with Crippen LogP contribution in [-0.4, -0.2) is 39.9 Å². The molecule has 0 aliphatic carbocycles. The molecule has 0 radical (unpaired) electrons. The Kier molecular flexibility index (Phi) is 3.85. The zero-order chi connectivity index (χ0) is 16.8. The van der Waals surface area contributed by atoms with Gasteiger partial charge in [-0.3, -0.25) is 9.69 Å². The van der Waals surface area contributed by atoms with Gasteiger partial charge in [-0.15, -0.1) is 0 Å². The minimum Gasteiger partial charge on any atom is -0.366 e. The molecule has 2 aromatic rings. The first-order chi connectivity index (χ1) is 11.5. The number of rotatable bonds is 3. The van der Waals surface area contributed by atoms with Crippen molar-refractivity contribution in [3.05, 3.63) is 57.0 Å². The van der Waals surface area contributed by atoms with Gasteiger partial charge in [0.05, 0.1) is 11.9 Å². The molecule has 1 aromatic carbocycles. The molecule has 0 amide bonds. The van der Waals surface area contributed by atoms with Crippen molar-refractivity contribution in [3.8, 4) is 0 Å². The lowest BCUT2D eigenvalue weighted by Gasteiger charge is -2.57. The molecule has 1 aromatic heterocycles. The lowest BCUT2D eigenvalue weighted by atomic mass is 9.86. The summed E-state index contributed by atoms with van der Waals surface area (Å²) in [6.45, 7) is 4.92. The largest absolute Gasteiger partial charge is 0.366 e. The fourth-order valence-electron chi connectivity index (χ4n) is 3.89. The summed E-state index contributed by atoms with van der Waals surface area (Å²) >= 11 is 6.25. The van der Waals surface area contributed by atoms with Crippen LogP contribution in [0.5, 0.6) is 0 Å². The Hall–Kier alpha value is -1.85. The zero-order valence-electron chi connectivity index (χ0n) is 13.9. The topological polar surface area (TPSA) is 41.4 Å². The van der Waals surface area contributed by atoms with Crippen LogP contribution in [0, 0.1) is 6.92 Å². The summed E-state index contributed by atoms with van der Waals surface area (Å²) in [5.74, 6) is 0. The number of halogens is 1. The van der Waals surface area contributed by atoms with E-state index in [2.05, 4.69) is 46.1 Å². The number of piperazine rings is 1. The van der Waals surface area contributed by atoms with E-state index in [1.807, 2.05) is 0 Å². The second-order valence-electron chi connectivity index (χ2n) is 6.88. The highest BCUT2D eigenvalue weighted by molar-refractivity contribution is 6.33. The average molecular weight is 345 g/mol. The highest BCUT2D eigenvalue weighted by atomic mass is 35.5. The van der Waals surface area contributed by atoms with E-state index in [9.17, 15) is 4.79 Å². The van der Waals surface area contributed by atoms with Gasteiger partial charge in [-0.25, -0.2) is 4.68 Å². The Morgan fingerprint density at radius 3 is 2.75 bits per heavy atom. The maximum Gasteiger partial charge on any atom is 0.287 e. The van der Waals surface area contributed by atoms with Crippen LogP contribution in [0.25, 0.3) is 0 Å².